The van der Waals surface area contributed by atoms with Gasteiger partial charge < -0.3 is 9.73 Å². The van der Waals surface area contributed by atoms with Crippen molar-refractivity contribution in [3.8, 4) is 0 Å². The Morgan fingerprint density at radius 3 is 2.70 bits per heavy atom. The predicted molar refractivity (Wildman–Crippen MR) is 85.3 cm³/mol. The molecule has 6 nitrogen and oxygen atoms in total. The van der Waals surface area contributed by atoms with Gasteiger partial charge in [-0.3, -0.25) is 4.79 Å². The van der Waals surface area contributed by atoms with Gasteiger partial charge in [0.05, 0.1) is 6.26 Å². The van der Waals surface area contributed by atoms with E-state index in [0.717, 1.165) is 6.26 Å². The molecule has 1 amide bonds. The first-order valence-electron chi connectivity index (χ1n) is 7.09. The van der Waals surface area contributed by atoms with E-state index in [-0.39, 0.29) is 17.9 Å². The molecule has 2 aromatic rings. The van der Waals surface area contributed by atoms with E-state index >= 15 is 0 Å². The molecule has 0 atom stereocenters. The summed E-state index contributed by atoms with van der Waals surface area (Å²) in [5, 5.41) is 3.21. The number of hydrogen-bond acceptors (Lipinski definition) is 4. The van der Waals surface area contributed by atoms with Crippen LogP contribution in [0.3, 0.4) is 0 Å². The van der Waals surface area contributed by atoms with Crippen LogP contribution in [-0.4, -0.2) is 45.0 Å². The maximum atomic E-state index is 13.7. The van der Waals surface area contributed by atoms with Gasteiger partial charge in [0.15, 0.2) is 17.2 Å². The maximum absolute atomic E-state index is 13.7. The lowest BCUT2D eigenvalue weighted by molar-refractivity contribution is 0.0926. The Morgan fingerprint density at radius 1 is 1.39 bits per heavy atom. The number of benzene rings is 1. The lowest BCUT2D eigenvalue weighted by Crippen LogP contribution is -2.31. The molecule has 0 saturated heterocycles. The zero-order chi connectivity index (χ0) is 17.2. The highest BCUT2D eigenvalue weighted by atomic mass is 32.2. The molecule has 8 heteroatoms. The van der Waals surface area contributed by atoms with Crippen LogP contribution < -0.4 is 5.32 Å². The van der Waals surface area contributed by atoms with Crippen LogP contribution in [-0.2, 0) is 10.0 Å². The minimum absolute atomic E-state index is 0.0620. The van der Waals surface area contributed by atoms with Crippen molar-refractivity contribution in [3.05, 3.63) is 35.3 Å². The lowest BCUT2D eigenvalue weighted by atomic mass is 10.1. The van der Waals surface area contributed by atoms with Gasteiger partial charge in [-0.05, 0) is 19.4 Å². The third-order valence-electron chi connectivity index (χ3n) is 3.62. The van der Waals surface area contributed by atoms with Gasteiger partial charge in [-0.15, -0.1) is 0 Å². The summed E-state index contributed by atoms with van der Waals surface area (Å²) in [5.74, 6) is -0.888. The number of halogens is 1. The maximum Gasteiger partial charge on any atom is 0.287 e. The summed E-state index contributed by atoms with van der Waals surface area (Å²) in [7, 11) is -1.75. The van der Waals surface area contributed by atoms with Gasteiger partial charge in [-0.1, -0.05) is 12.1 Å². The van der Waals surface area contributed by atoms with Crippen LogP contribution in [0.2, 0.25) is 0 Å². The van der Waals surface area contributed by atoms with E-state index in [0.29, 0.717) is 23.9 Å². The van der Waals surface area contributed by atoms with Gasteiger partial charge in [0.2, 0.25) is 10.0 Å². The second-order valence-corrected chi connectivity index (χ2v) is 7.46. The highest BCUT2D eigenvalue weighted by Crippen LogP contribution is 2.27. The first-order valence-corrected chi connectivity index (χ1v) is 8.93. The zero-order valence-corrected chi connectivity index (χ0v) is 14.0. The predicted octanol–water partition coefficient (Wildman–Crippen LogP) is 1.89. The van der Waals surface area contributed by atoms with Gasteiger partial charge in [0.25, 0.3) is 5.91 Å². The number of fused-ring (bicyclic) bond motifs is 1. The molecule has 1 heterocycles. The summed E-state index contributed by atoms with van der Waals surface area (Å²) >= 11 is 0. The van der Waals surface area contributed by atoms with Gasteiger partial charge >= 0.3 is 0 Å². The fourth-order valence-electron chi connectivity index (χ4n) is 2.18. The number of nitrogens with zero attached hydrogens (tertiary/aromatic N) is 1. The molecule has 0 aliphatic rings. The van der Waals surface area contributed by atoms with Crippen LogP contribution in [0, 0.1) is 12.7 Å². The van der Waals surface area contributed by atoms with E-state index in [9.17, 15) is 17.6 Å². The number of carbonyl (C=O) groups is 1. The molecule has 0 unspecified atom stereocenters. The van der Waals surface area contributed by atoms with Crippen molar-refractivity contribution in [2.45, 2.75) is 13.3 Å². The summed E-state index contributed by atoms with van der Waals surface area (Å²) in [6, 6.07) is 4.52. The van der Waals surface area contributed by atoms with Crippen molar-refractivity contribution in [1.29, 1.82) is 0 Å². The average molecular weight is 342 g/mol. The minimum Gasteiger partial charge on any atom is -0.448 e. The van der Waals surface area contributed by atoms with Crippen LogP contribution in [0.5, 0.6) is 0 Å². The van der Waals surface area contributed by atoms with Crippen molar-refractivity contribution in [2.75, 3.05) is 26.4 Å². The summed E-state index contributed by atoms with van der Waals surface area (Å²) < 4.78 is 42.7. The number of para-hydroxylation sites is 1. The number of nitrogens with one attached hydrogen (secondary N) is 1. The summed E-state index contributed by atoms with van der Waals surface area (Å²) in [5.41, 5.74) is 0.636. The number of furan rings is 1. The first-order chi connectivity index (χ1) is 10.7. The van der Waals surface area contributed by atoms with Gasteiger partial charge in [-0.25, -0.2) is 17.1 Å². The molecule has 2 rings (SSSR count). The van der Waals surface area contributed by atoms with Gasteiger partial charge in [-0.2, -0.15) is 0 Å². The zero-order valence-electron chi connectivity index (χ0n) is 13.2. The van der Waals surface area contributed by atoms with Crippen LogP contribution in [0.1, 0.15) is 22.5 Å². The second kappa shape index (κ2) is 6.67. The molecule has 0 bridgehead atoms. The highest BCUT2D eigenvalue weighted by molar-refractivity contribution is 7.88. The molecule has 1 aromatic carbocycles. The lowest BCUT2D eigenvalue weighted by Gasteiger charge is -2.13. The number of amides is 1. The molecule has 0 radical (unpaired) electrons. The molecule has 0 saturated carbocycles. The number of carbonyl (C=O) groups excluding carboxylic acids is 1. The molecule has 1 N–H and O–H groups in total. The van der Waals surface area contributed by atoms with E-state index in [1.165, 1.54) is 17.4 Å². The summed E-state index contributed by atoms with van der Waals surface area (Å²) in [6.45, 7) is 2.28. The standard InChI is InChI=1S/C15H19FN2O4S/c1-10-11-6-4-7-12(16)14(11)22-13(10)15(19)17-8-5-9-18(2)23(3,20)21/h4,6-7H,5,8-9H2,1-3H3,(H,17,19). The molecular formula is C15H19FN2O4S. The Hall–Kier alpha value is -1.93. The van der Waals surface area contributed by atoms with E-state index in [4.69, 9.17) is 4.42 Å². The second-order valence-electron chi connectivity index (χ2n) is 5.37. The van der Waals surface area contributed by atoms with Crippen LogP contribution in [0.15, 0.2) is 22.6 Å². The monoisotopic (exact) mass is 342 g/mol. The van der Waals surface area contributed by atoms with Crippen molar-refractivity contribution >= 4 is 26.9 Å². The van der Waals surface area contributed by atoms with E-state index in [2.05, 4.69) is 5.32 Å². The van der Waals surface area contributed by atoms with Crippen molar-refractivity contribution < 1.29 is 22.0 Å². The van der Waals surface area contributed by atoms with Gasteiger partial charge in [0.1, 0.15) is 0 Å². The first kappa shape index (κ1) is 17.4. The Balaban J connectivity index is 1.99. The van der Waals surface area contributed by atoms with Crippen LogP contribution in [0.4, 0.5) is 4.39 Å². The average Bonchev–Trinajstić information content (AvgIpc) is 2.81. The molecule has 0 aliphatic carbocycles. The molecule has 126 valence electrons. The largest absolute Gasteiger partial charge is 0.448 e. The van der Waals surface area contributed by atoms with Crippen molar-refractivity contribution in [1.82, 2.24) is 9.62 Å². The van der Waals surface area contributed by atoms with Crippen molar-refractivity contribution in [2.24, 2.45) is 0 Å². The van der Waals surface area contributed by atoms with E-state index in [1.807, 2.05) is 0 Å². The topological polar surface area (TPSA) is 79.6 Å². The Morgan fingerprint density at radius 2 is 2.09 bits per heavy atom. The van der Waals surface area contributed by atoms with Crippen LogP contribution >= 0.6 is 0 Å². The van der Waals surface area contributed by atoms with Crippen molar-refractivity contribution in [3.63, 3.8) is 0 Å². The van der Waals surface area contributed by atoms with Crippen LogP contribution in [0.25, 0.3) is 11.0 Å². The number of aryl methyl sites for hydroxylation is 1. The Labute approximate surface area is 134 Å². The third kappa shape index (κ3) is 3.89. The Bertz CT molecular complexity index is 829. The molecule has 0 aliphatic heterocycles. The normalized spacial score (nSPS) is 12.0. The summed E-state index contributed by atoms with van der Waals surface area (Å²) in [4.78, 5) is 12.1. The SMILES string of the molecule is Cc1c(C(=O)NCCCN(C)S(C)(=O)=O)oc2c(F)cccc12. The smallest absolute Gasteiger partial charge is 0.287 e. The molecule has 23 heavy (non-hydrogen) atoms. The fourth-order valence-corrected chi connectivity index (χ4v) is 2.64. The van der Waals surface area contributed by atoms with E-state index in [1.54, 1.807) is 19.1 Å². The number of hydrogen-bond donors (Lipinski definition) is 1. The number of sulfonamides is 1. The molecule has 0 fully saturated rings. The van der Waals surface area contributed by atoms with Gasteiger partial charge in [0, 0.05) is 31.1 Å². The fraction of sp³-hybridized carbons (Fsp3) is 0.400. The third-order valence-corrected chi connectivity index (χ3v) is 4.94. The highest BCUT2D eigenvalue weighted by Gasteiger charge is 2.19. The quantitative estimate of drug-likeness (QED) is 0.813. The summed E-state index contributed by atoms with van der Waals surface area (Å²) in [6.07, 6.45) is 1.58. The minimum atomic E-state index is -3.22. The number of rotatable bonds is 6. The van der Waals surface area contributed by atoms with E-state index < -0.39 is 21.7 Å². The molecule has 0 spiro atoms. The molecular weight excluding hydrogens is 323 g/mol. The Kier molecular flexibility index (Phi) is 5.06. The molecule has 1 aromatic heterocycles.